The van der Waals surface area contributed by atoms with Gasteiger partial charge in [0.1, 0.15) is 5.75 Å². The highest BCUT2D eigenvalue weighted by Crippen LogP contribution is 2.23. The van der Waals surface area contributed by atoms with E-state index in [0.717, 1.165) is 36.5 Å². The van der Waals surface area contributed by atoms with Crippen LogP contribution in [0, 0.1) is 10.7 Å². The summed E-state index contributed by atoms with van der Waals surface area (Å²) in [4.78, 5) is 14.3. The zero-order valence-corrected chi connectivity index (χ0v) is 17.9. The lowest BCUT2D eigenvalue weighted by Gasteiger charge is -2.31. The number of nitrogens with zero attached hydrogens (tertiary/aromatic N) is 4. The van der Waals surface area contributed by atoms with Gasteiger partial charge in [0.05, 0.1) is 26.3 Å². The van der Waals surface area contributed by atoms with Crippen LogP contribution in [0.1, 0.15) is 19.8 Å². The molecule has 1 atom stereocenters. The molecule has 1 aliphatic heterocycles. The monoisotopic (exact) mass is 416 g/mol. The highest BCUT2D eigenvalue weighted by molar-refractivity contribution is 7.71. The average molecular weight is 417 g/mol. The van der Waals surface area contributed by atoms with Gasteiger partial charge in [0, 0.05) is 18.7 Å². The van der Waals surface area contributed by atoms with Crippen molar-refractivity contribution in [3.8, 4) is 17.1 Å². The Kier molecular flexibility index (Phi) is 7.22. The number of methoxy groups -OCH3 is 1. The first-order valence-electron chi connectivity index (χ1n) is 9.89. The summed E-state index contributed by atoms with van der Waals surface area (Å²) in [6.45, 7) is 8.78. The van der Waals surface area contributed by atoms with Crippen LogP contribution >= 0.6 is 12.2 Å². The van der Waals surface area contributed by atoms with Crippen molar-refractivity contribution in [2.24, 2.45) is 5.92 Å². The second-order valence-electron chi connectivity index (χ2n) is 7.04. The number of aromatic nitrogens is 3. The van der Waals surface area contributed by atoms with Crippen LogP contribution in [-0.4, -0.2) is 52.0 Å². The average Bonchev–Trinajstić information content (AvgIpc) is 3.04. The minimum absolute atomic E-state index is 0.0887. The third-order valence-electron chi connectivity index (χ3n) is 5.04. The van der Waals surface area contributed by atoms with E-state index in [9.17, 15) is 4.79 Å². The molecule has 7 nitrogen and oxygen atoms in total. The fourth-order valence-corrected chi connectivity index (χ4v) is 3.87. The normalized spacial score (nSPS) is 17.1. The number of hydrogen-bond donors (Lipinski definition) is 0. The van der Waals surface area contributed by atoms with Crippen LogP contribution in [-0.2, 0) is 22.7 Å². The zero-order valence-electron chi connectivity index (χ0n) is 17.0. The van der Waals surface area contributed by atoms with Gasteiger partial charge in [-0.1, -0.05) is 6.08 Å². The molecule has 0 aliphatic carbocycles. The zero-order chi connectivity index (χ0) is 20.8. The van der Waals surface area contributed by atoms with Crippen molar-refractivity contribution in [3.05, 3.63) is 41.7 Å². The van der Waals surface area contributed by atoms with Crippen LogP contribution < -0.4 is 4.74 Å². The number of hydrogen-bond acceptors (Lipinski definition) is 6. The molecule has 0 bridgehead atoms. The van der Waals surface area contributed by atoms with Gasteiger partial charge in [-0.2, -0.15) is 5.10 Å². The number of allylic oxidation sites excluding steroid dienone is 1. The quantitative estimate of drug-likeness (QED) is 0.373. The predicted octanol–water partition coefficient (Wildman–Crippen LogP) is 3.51. The lowest BCUT2D eigenvalue weighted by Crippen LogP contribution is -2.40. The topological polar surface area (TPSA) is 61.5 Å². The molecule has 3 rings (SSSR count). The molecule has 29 heavy (non-hydrogen) atoms. The highest BCUT2D eigenvalue weighted by Gasteiger charge is 2.27. The Bertz CT molecular complexity index is 904. The molecule has 156 valence electrons. The van der Waals surface area contributed by atoms with Gasteiger partial charge in [-0.05, 0) is 62.8 Å². The summed E-state index contributed by atoms with van der Waals surface area (Å²) in [6.07, 6.45) is 3.63. The Morgan fingerprint density at radius 2 is 2.14 bits per heavy atom. The van der Waals surface area contributed by atoms with Crippen molar-refractivity contribution in [2.45, 2.75) is 33.0 Å². The number of likely N-dealkylation sites (tertiary alicyclic amines) is 1. The van der Waals surface area contributed by atoms with E-state index < -0.39 is 0 Å². The Morgan fingerprint density at radius 1 is 1.38 bits per heavy atom. The standard InChI is InChI=1S/C21H28N4O3S/c1-4-12-24-19(16-8-10-18(27-3)11-9-16)22-25(21(24)29)15-23-13-6-7-17(14-23)20(26)28-5-2/h4,8-11,17H,1,5-7,12-15H2,2-3H3/t17-/m0/s1. The number of esters is 1. The van der Waals surface area contributed by atoms with Gasteiger partial charge in [-0.25, -0.2) is 4.68 Å². The van der Waals surface area contributed by atoms with E-state index in [0.29, 0.717) is 31.1 Å². The summed E-state index contributed by atoms with van der Waals surface area (Å²) in [6, 6.07) is 7.75. The van der Waals surface area contributed by atoms with Gasteiger partial charge < -0.3 is 9.47 Å². The van der Waals surface area contributed by atoms with E-state index in [1.54, 1.807) is 7.11 Å². The van der Waals surface area contributed by atoms with Crippen molar-refractivity contribution >= 4 is 18.2 Å². The lowest BCUT2D eigenvalue weighted by molar-refractivity contribution is -0.150. The Morgan fingerprint density at radius 3 is 2.79 bits per heavy atom. The third-order valence-corrected chi connectivity index (χ3v) is 5.47. The molecule has 8 heteroatoms. The highest BCUT2D eigenvalue weighted by atomic mass is 32.1. The fourth-order valence-electron chi connectivity index (χ4n) is 3.61. The van der Waals surface area contributed by atoms with E-state index in [1.165, 1.54) is 0 Å². The van der Waals surface area contributed by atoms with Gasteiger partial charge in [-0.3, -0.25) is 14.3 Å². The van der Waals surface area contributed by atoms with E-state index >= 15 is 0 Å². The summed E-state index contributed by atoms with van der Waals surface area (Å²) in [5.41, 5.74) is 0.959. The first-order valence-corrected chi connectivity index (χ1v) is 10.3. The van der Waals surface area contributed by atoms with E-state index in [-0.39, 0.29) is 11.9 Å². The minimum Gasteiger partial charge on any atom is -0.497 e. The van der Waals surface area contributed by atoms with E-state index in [2.05, 4.69) is 11.5 Å². The van der Waals surface area contributed by atoms with Crippen LogP contribution in [0.15, 0.2) is 36.9 Å². The molecule has 0 saturated carbocycles. The van der Waals surface area contributed by atoms with E-state index in [4.69, 9.17) is 26.8 Å². The molecule has 0 radical (unpaired) electrons. The van der Waals surface area contributed by atoms with Gasteiger partial charge in [-0.15, -0.1) is 6.58 Å². The predicted molar refractivity (Wildman–Crippen MR) is 114 cm³/mol. The van der Waals surface area contributed by atoms with Crippen LogP contribution in [0.5, 0.6) is 5.75 Å². The number of carbonyl (C=O) groups is 1. The van der Waals surface area contributed by atoms with Crippen LogP contribution in [0.2, 0.25) is 0 Å². The number of benzene rings is 1. The van der Waals surface area contributed by atoms with Crippen LogP contribution in [0.3, 0.4) is 0 Å². The lowest BCUT2D eigenvalue weighted by atomic mass is 9.99. The molecule has 1 aliphatic rings. The van der Waals surface area contributed by atoms with E-state index in [1.807, 2.05) is 46.5 Å². The molecular weight excluding hydrogens is 388 g/mol. The molecule has 1 saturated heterocycles. The number of rotatable bonds is 8. The van der Waals surface area contributed by atoms with Crippen molar-refractivity contribution in [2.75, 3.05) is 26.8 Å². The smallest absolute Gasteiger partial charge is 0.310 e. The minimum atomic E-state index is -0.114. The van der Waals surface area contributed by atoms with Crippen LogP contribution in [0.4, 0.5) is 0 Å². The van der Waals surface area contributed by atoms with Gasteiger partial charge in [0.2, 0.25) is 0 Å². The van der Waals surface area contributed by atoms with Crippen molar-refractivity contribution in [1.82, 2.24) is 19.2 Å². The Labute approximate surface area is 176 Å². The maximum absolute atomic E-state index is 12.1. The summed E-state index contributed by atoms with van der Waals surface area (Å²) in [7, 11) is 1.64. The number of piperidine rings is 1. The van der Waals surface area contributed by atoms with Crippen molar-refractivity contribution in [3.63, 3.8) is 0 Å². The van der Waals surface area contributed by atoms with Gasteiger partial charge in [0.15, 0.2) is 10.6 Å². The van der Waals surface area contributed by atoms with Crippen LogP contribution in [0.25, 0.3) is 11.4 Å². The maximum Gasteiger partial charge on any atom is 0.310 e. The Balaban J connectivity index is 1.83. The molecule has 2 aromatic rings. The summed E-state index contributed by atoms with van der Waals surface area (Å²) in [5, 5.41) is 4.78. The maximum atomic E-state index is 12.1. The molecule has 1 aromatic heterocycles. The summed E-state index contributed by atoms with van der Waals surface area (Å²) in [5.74, 6) is 1.38. The summed E-state index contributed by atoms with van der Waals surface area (Å²) < 4.78 is 14.9. The molecular formula is C21H28N4O3S. The molecule has 0 amide bonds. The molecule has 2 heterocycles. The molecule has 1 aromatic carbocycles. The summed E-state index contributed by atoms with van der Waals surface area (Å²) >= 11 is 5.69. The third kappa shape index (κ3) is 4.94. The second-order valence-corrected chi connectivity index (χ2v) is 7.41. The Hall–Kier alpha value is -2.45. The van der Waals surface area contributed by atoms with Gasteiger partial charge >= 0.3 is 5.97 Å². The first-order chi connectivity index (χ1) is 14.1. The molecule has 0 unspecified atom stereocenters. The molecule has 1 fully saturated rings. The number of carbonyl (C=O) groups excluding carboxylic acids is 1. The molecule has 0 spiro atoms. The largest absolute Gasteiger partial charge is 0.497 e. The fraction of sp³-hybridized carbons (Fsp3) is 0.476. The second kappa shape index (κ2) is 9.84. The van der Waals surface area contributed by atoms with Crippen molar-refractivity contribution in [1.29, 1.82) is 0 Å². The van der Waals surface area contributed by atoms with Crippen molar-refractivity contribution < 1.29 is 14.3 Å². The molecule has 0 N–H and O–H groups in total. The number of ether oxygens (including phenoxy) is 2. The first kappa shape index (κ1) is 21.3. The van der Waals surface area contributed by atoms with Gasteiger partial charge in [0.25, 0.3) is 0 Å². The SMILES string of the molecule is C=CCn1c(-c2ccc(OC)cc2)nn(CN2CCC[C@H](C(=O)OCC)C2)c1=S.